The molecule has 7 heteroatoms. The molecule has 0 aliphatic heterocycles. The van der Waals surface area contributed by atoms with E-state index in [0.29, 0.717) is 23.6 Å². The first-order chi connectivity index (χ1) is 12.2. The van der Waals surface area contributed by atoms with Crippen molar-refractivity contribution in [3.8, 4) is 6.07 Å². The molecule has 0 saturated heterocycles. The van der Waals surface area contributed by atoms with Crippen LogP contribution in [0.25, 0.3) is 0 Å². The van der Waals surface area contributed by atoms with Crippen molar-refractivity contribution >= 4 is 17.4 Å². The highest BCUT2D eigenvalue weighted by molar-refractivity contribution is 6.02. The highest BCUT2D eigenvalue weighted by atomic mass is 16.1. The highest BCUT2D eigenvalue weighted by Gasteiger charge is 2.09. The summed E-state index contributed by atoms with van der Waals surface area (Å²) in [6.45, 7) is 0.516. The summed E-state index contributed by atoms with van der Waals surface area (Å²) in [4.78, 5) is 16.4. The maximum Gasteiger partial charge on any atom is 0.276 e. The third kappa shape index (κ3) is 4.36. The molecular weight excluding hydrogens is 316 g/mol. The van der Waals surface area contributed by atoms with Gasteiger partial charge >= 0.3 is 0 Å². The fourth-order valence-corrected chi connectivity index (χ4v) is 2.09. The van der Waals surface area contributed by atoms with Crippen LogP contribution in [0.15, 0.2) is 60.8 Å². The molecule has 25 heavy (non-hydrogen) atoms. The summed E-state index contributed by atoms with van der Waals surface area (Å²) in [6.07, 6.45) is 1.72. The molecule has 2 heterocycles. The lowest BCUT2D eigenvalue weighted by Gasteiger charge is -2.06. The minimum atomic E-state index is -0.390. The number of hydrogen-bond acceptors (Lipinski definition) is 6. The molecule has 2 N–H and O–H groups in total. The molecule has 0 fully saturated rings. The Morgan fingerprint density at radius 1 is 1.08 bits per heavy atom. The quantitative estimate of drug-likeness (QED) is 0.745. The van der Waals surface area contributed by atoms with Gasteiger partial charge in [-0.15, -0.1) is 10.2 Å². The van der Waals surface area contributed by atoms with Crippen LogP contribution >= 0.6 is 0 Å². The van der Waals surface area contributed by atoms with Crippen molar-refractivity contribution < 1.29 is 4.79 Å². The van der Waals surface area contributed by atoms with Crippen molar-refractivity contribution in [2.24, 2.45) is 0 Å². The van der Waals surface area contributed by atoms with E-state index in [1.807, 2.05) is 24.3 Å². The SMILES string of the molecule is N#Cc1cccc(NC(=O)c2ccc(NCc3ccccn3)nn2)c1. The first kappa shape index (κ1) is 16.1. The molecular formula is C18H14N6O. The number of nitriles is 1. The Balaban J connectivity index is 1.61. The molecule has 1 amide bonds. The molecule has 3 aromatic rings. The van der Waals surface area contributed by atoms with Crippen LogP contribution in [-0.4, -0.2) is 21.1 Å². The number of carbonyl (C=O) groups is 1. The molecule has 0 atom stereocenters. The Morgan fingerprint density at radius 3 is 2.72 bits per heavy atom. The van der Waals surface area contributed by atoms with E-state index < -0.39 is 0 Å². The summed E-state index contributed by atoms with van der Waals surface area (Å²) < 4.78 is 0. The average Bonchev–Trinajstić information content (AvgIpc) is 2.67. The number of hydrogen-bond donors (Lipinski definition) is 2. The molecule has 0 aliphatic carbocycles. The van der Waals surface area contributed by atoms with Crippen LogP contribution in [0, 0.1) is 11.3 Å². The third-order valence-electron chi connectivity index (χ3n) is 3.32. The van der Waals surface area contributed by atoms with Gasteiger partial charge in [0.2, 0.25) is 0 Å². The van der Waals surface area contributed by atoms with Gasteiger partial charge in [-0.05, 0) is 42.5 Å². The molecule has 2 aromatic heterocycles. The van der Waals surface area contributed by atoms with Gasteiger partial charge in [-0.2, -0.15) is 5.26 Å². The van der Waals surface area contributed by atoms with Crippen LogP contribution < -0.4 is 10.6 Å². The number of nitrogens with one attached hydrogen (secondary N) is 2. The summed E-state index contributed by atoms with van der Waals surface area (Å²) in [5, 5.41) is 22.6. The fourth-order valence-electron chi connectivity index (χ4n) is 2.09. The van der Waals surface area contributed by atoms with Gasteiger partial charge in [-0.3, -0.25) is 9.78 Å². The first-order valence-electron chi connectivity index (χ1n) is 7.53. The average molecular weight is 330 g/mol. The second-order valence-electron chi connectivity index (χ2n) is 5.13. The van der Waals surface area contributed by atoms with Crippen molar-refractivity contribution in [3.05, 3.63) is 77.7 Å². The summed E-state index contributed by atoms with van der Waals surface area (Å²) in [5.41, 5.74) is 2.07. The van der Waals surface area contributed by atoms with Crippen molar-refractivity contribution in [2.45, 2.75) is 6.54 Å². The van der Waals surface area contributed by atoms with E-state index in [2.05, 4.69) is 25.8 Å². The van der Waals surface area contributed by atoms with Crippen LogP contribution in [0.3, 0.4) is 0 Å². The predicted octanol–water partition coefficient (Wildman–Crippen LogP) is 2.61. The number of carbonyl (C=O) groups excluding carboxylic acids is 1. The number of amides is 1. The monoisotopic (exact) mass is 330 g/mol. The maximum atomic E-state index is 12.2. The summed E-state index contributed by atoms with van der Waals surface area (Å²) >= 11 is 0. The largest absolute Gasteiger partial charge is 0.363 e. The van der Waals surface area contributed by atoms with Gasteiger partial charge in [0, 0.05) is 11.9 Å². The second-order valence-corrected chi connectivity index (χ2v) is 5.13. The fraction of sp³-hybridized carbons (Fsp3) is 0.0556. The Labute approximate surface area is 144 Å². The van der Waals surface area contributed by atoms with E-state index in [1.165, 1.54) is 0 Å². The number of anilines is 2. The zero-order chi connectivity index (χ0) is 17.5. The van der Waals surface area contributed by atoms with Crippen molar-refractivity contribution in [1.82, 2.24) is 15.2 Å². The summed E-state index contributed by atoms with van der Waals surface area (Å²) in [6, 6.07) is 17.6. The second kappa shape index (κ2) is 7.66. The van der Waals surface area contributed by atoms with Crippen LogP contribution in [0.1, 0.15) is 21.7 Å². The molecule has 1 aromatic carbocycles. The Hall–Kier alpha value is -3.79. The van der Waals surface area contributed by atoms with E-state index in [9.17, 15) is 4.79 Å². The topological polar surface area (TPSA) is 104 Å². The Bertz CT molecular complexity index is 903. The van der Waals surface area contributed by atoms with Gasteiger partial charge in [-0.1, -0.05) is 12.1 Å². The number of rotatable bonds is 5. The van der Waals surface area contributed by atoms with Gasteiger partial charge in [0.15, 0.2) is 5.69 Å². The smallest absolute Gasteiger partial charge is 0.276 e. The van der Waals surface area contributed by atoms with Crippen molar-refractivity contribution in [3.63, 3.8) is 0 Å². The van der Waals surface area contributed by atoms with Crippen molar-refractivity contribution in [1.29, 1.82) is 5.26 Å². The third-order valence-corrected chi connectivity index (χ3v) is 3.32. The number of nitrogens with zero attached hydrogens (tertiary/aromatic N) is 4. The van der Waals surface area contributed by atoms with Gasteiger partial charge in [0.1, 0.15) is 5.82 Å². The van der Waals surface area contributed by atoms with Crippen LogP contribution in [-0.2, 0) is 6.54 Å². The maximum absolute atomic E-state index is 12.2. The zero-order valence-corrected chi connectivity index (χ0v) is 13.2. The van der Waals surface area contributed by atoms with Gasteiger partial charge in [-0.25, -0.2) is 0 Å². The Morgan fingerprint density at radius 2 is 2.00 bits per heavy atom. The lowest BCUT2D eigenvalue weighted by molar-refractivity contribution is 0.102. The predicted molar refractivity (Wildman–Crippen MR) is 92.7 cm³/mol. The number of aromatic nitrogens is 3. The van der Waals surface area contributed by atoms with E-state index in [4.69, 9.17) is 5.26 Å². The molecule has 0 unspecified atom stereocenters. The number of benzene rings is 1. The molecule has 0 aliphatic rings. The molecule has 3 rings (SSSR count). The molecule has 7 nitrogen and oxygen atoms in total. The molecule has 0 saturated carbocycles. The van der Waals surface area contributed by atoms with E-state index in [1.54, 1.807) is 42.6 Å². The zero-order valence-electron chi connectivity index (χ0n) is 13.2. The lowest BCUT2D eigenvalue weighted by Crippen LogP contribution is -2.15. The molecule has 122 valence electrons. The minimum Gasteiger partial charge on any atom is -0.363 e. The normalized spacial score (nSPS) is 9.88. The van der Waals surface area contributed by atoms with Crippen LogP contribution in [0.4, 0.5) is 11.5 Å². The molecule has 0 radical (unpaired) electrons. The molecule has 0 spiro atoms. The van der Waals surface area contributed by atoms with Gasteiger partial charge < -0.3 is 10.6 Å². The molecule has 0 bridgehead atoms. The standard InChI is InChI=1S/C18H14N6O/c19-11-13-4-3-6-14(10-13)22-18(25)16-7-8-17(24-23-16)21-12-15-5-1-2-9-20-15/h1-10H,12H2,(H,21,24)(H,22,25). The van der Waals surface area contributed by atoms with E-state index in [0.717, 1.165) is 5.69 Å². The lowest BCUT2D eigenvalue weighted by atomic mass is 10.2. The van der Waals surface area contributed by atoms with E-state index >= 15 is 0 Å². The first-order valence-corrected chi connectivity index (χ1v) is 7.53. The minimum absolute atomic E-state index is 0.186. The summed E-state index contributed by atoms with van der Waals surface area (Å²) in [5.74, 6) is 0.160. The van der Waals surface area contributed by atoms with E-state index in [-0.39, 0.29) is 11.6 Å². The van der Waals surface area contributed by atoms with Crippen LogP contribution in [0.5, 0.6) is 0 Å². The highest BCUT2D eigenvalue weighted by Crippen LogP contribution is 2.11. The van der Waals surface area contributed by atoms with Gasteiger partial charge in [0.25, 0.3) is 5.91 Å². The summed E-state index contributed by atoms with van der Waals surface area (Å²) in [7, 11) is 0. The van der Waals surface area contributed by atoms with Crippen molar-refractivity contribution in [2.75, 3.05) is 10.6 Å². The van der Waals surface area contributed by atoms with Gasteiger partial charge in [0.05, 0.1) is 23.9 Å². The number of pyridine rings is 1. The van der Waals surface area contributed by atoms with Crippen LogP contribution in [0.2, 0.25) is 0 Å². The Kier molecular flexibility index (Phi) is 4.93.